The number of hydrogen-bond donors (Lipinski definition) is 1. The van der Waals surface area contributed by atoms with Gasteiger partial charge in [0.1, 0.15) is 10.7 Å². The van der Waals surface area contributed by atoms with Gasteiger partial charge in [-0.25, -0.2) is 0 Å². The Bertz CT molecular complexity index is 886. The van der Waals surface area contributed by atoms with Gasteiger partial charge >= 0.3 is 0 Å². The molecule has 0 radical (unpaired) electrons. The average molecular weight is 341 g/mol. The van der Waals surface area contributed by atoms with Gasteiger partial charge in [-0.05, 0) is 31.0 Å². The maximum Gasteiger partial charge on any atom is 0.286 e. The lowest BCUT2D eigenvalue weighted by Gasteiger charge is -2.27. The van der Waals surface area contributed by atoms with Crippen molar-refractivity contribution < 1.29 is 8.42 Å². The molecule has 5 nitrogen and oxygen atoms in total. The number of amidine groups is 1. The third kappa shape index (κ3) is 2.71. The maximum absolute atomic E-state index is 12.9. The van der Waals surface area contributed by atoms with Crippen LogP contribution in [0.5, 0.6) is 0 Å². The Morgan fingerprint density at radius 1 is 1.00 bits per heavy atom. The topological polar surface area (TPSA) is 71.4 Å². The summed E-state index contributed by atoms with van der Waals surface area (Å²) in [6, 6.07) is 10.9. The molecule has 2 heterocycles. The molecule has 1 aliphatic carbocycles. The number of pyridine rings is 1. The Morgan fingerprint density at radius 3 is 2.58 bits per heavy atom. The number of hydrogen-bond acceptors (Lipinski definition) is 4. The standard InChI is InChI=1S/C18H19N3O2S/c22-24(23)17-14(15-10-4-5-12-19-15)9-6-11-16(17)20-18(21-24)13-7-2-1-3-8-13/h4-6,9-13H,1-3,7-8H2,(H,20,21). The zero-order chi connectivity index (χ0) is 16.6. The molecule has 0 saturated heterocycles. The third-order valence-electron chi connectivity index (χ3n) is 4.69. The first-order valence-electron chi connectivity index (χ1n) is 8.31. The van der Waals surface area contributed by atoms with Gasteiger partial charge in [-0.1, -0.05) is 37.5 Å². The average Bonchev–Trinajstić information content (AvgIpc) is 2.62. The van der Waals surface area contributed by atoms with Gasteiger partial charge in [0, 0.05) is 17.7 Å². The van der Waals surface area contributed by atoms with E-state index in [9.17, 15) is 8.42 Å². The minimum atomic E-state index is -3.73. The number of nitrogens with one attached hydrogen (secondary N) is 1. The van der Waals surface area contributed by atoms with Gasteiger partial charge in [0.2, 0.25) is 0 Å². The zero-order valence-electron chi connectivity index (χ0n) is 13.3. The predicted molar refractivity (Wildman–Crippen MR) is 94.5 cm³/mol. The maximum atomic E-state index is 12.9. The number of fused-ring (bicyclic) bond motifs is 1. The summed E-state index contributed by atoms with van der Waals surface area (Å²) in [6.07, 6.45) is 7.14. The molecule has 1 saturated carbocycles. The number of sulfonamides is 1. The highest BCUT2D eigenvalue weighted by molar-refractivity contribution is 7.90. The molecule has 1 aromatic carbocycles. The molecule has 0 bridgehead atoms. The van der Waals surface area contributed by atoms with Crippen LogP contribution in [0, 0.1) is 5.92 Å². The normalized spacial score (nSPS) is 19.9. The monoisotopic (exact) mass is 341 g/mol. The Morgan fingerprint density at radius 2 is 1.83 bits per heavy atom. The SMILES string of the molecule is O=S1(=O)N=C(C2CCCCC2)Nc2cccc(-c3ccccn3)c21. The van der Waals surface area contributed by atoms with E-state index >= 15 is 0 Å². The number of rotatable bonds is 2. The van der Waals surface area contributed by atoms with E-state index in [1.807, 2.05) is 24.3 Å². The number of benzene rings is 1. The van der Waals surface area contributed by atoms with Crippen molar-refractivity contribution in [2.45, 2.75) is 37.0 Å². The van der Waals surface area contributed by atoms with Gasteiger partial charge in [0.05, 0.1) is 11.4 Å². The van der Waals surface area contributed by atoms with Crippen LogP contribution in [0.4, 0.5) is 5.69 Å². The molecule has 124 valence electrons. The Kier molecular flexibility index (Phi) is 3.84. The van der Waals surface area contributed by atoms with E-state index in [4.69, 9.17) is 0 Å². The van der Waals surface area contributed by atoms with Crippen molar-refractivity contribution in [3.63, 3.8) is 0 Å². The second kappa shape index (κ2) is 6.02. The number of nitrogens with zero attached hydrogens (tertiary/aromatic N) is 2. The van der Waals surface area contributed by atoms with Gasteiger partial charge in [0.15, 0.2) is 0 Å². The van der Waals surface area contributed by atoms with Gasteiger partial charge < -0.3 is 5.32 Å². The van der Waals surface area contributed by atoms with E-state index in [-0.39, 0.29) is 10.8 Å². The fourth-order valence-electron chi connectivity index (χ4n) is 3.53. The molecule has 2 aromatic rings. The summed E-state index contributed by atoms with van der Waals surface area (Å²) in [5.41, 5.74) is 1.83. The molecule has 1 aromatic heterocycles. The van der Waals surface area contributed by atoms with E-state index in [1.54, 1.807) is 18.3 Å². The first-order chi connectivity index (χ1) is 11.6. The number of aromatic nitrogens is 1. The second-order valence-electron chi connectivity index (χ2n) is 6.31. The molecule has 0 amide bonds. The van der Waals surface area contributed by atoms with Crippen LogP contribution in [0.15, 0.2) is 51.9 Å². The molecule has 2 aliphatic rings. The molecule has 0 spiro atoms. The number of anilines is 1. The fraction of sp³-hybridized carbons (Fsp3) is 0.333. The highest BCUT2D eigenvalue weighted by Gasteiger charge is 2.32. The summed E-state index contributed by atoms with van der Waals surface area (Å²) < 4.78 is 29.8. The van der Waals surface area contributed by atoms with Gasteiger partial charge in [-0.2, -0.15) is 8.42 Å². The highest BCUT2D eigenvalue weighted by atomic mass is 32.2. The Labute approximate surface area is 141 Å². The molecule has 24 heavy (non-hydrogen) atoms. The summed E-state index contributed by atoms with van der Waals surface area (Å²) in [4.78, 5) is 4.52. The van der Waals surface area contributed by atoms with Crippen LogP contribution >= 0.6 is 0 Å². The first-order valence-corrected chi connectivity index (χ1v) is 9.75. The highest BCUT2D eigenvalue weighted by Crippen LogP contribution is 2.38. The molecule has 1 fully saturated rings. The fourth-order valence-corrected chi connectivity index (χ4v) is 4.92. The van der Waals surface area contributed by atoms with Crippen molar-refractivity contribution >= 4 is 21.5 Å². The van der Waals surface area contributed by atoms with E-state index < -0.39 is 10.0 Å². The summed E-state index contributed by atoms with van der Waals surface area (Å²) in [5.74, 6) is 0.806. The Hall–Kier alpha value is -2.21. The lowest BCUT2D eigenvalue weighted by Crippen LogP contribution is -2.30. The molecular weight excluding hydrogens is 322 g/mol. The van der Waals surface area contributed by atoms with Crippen LogP contribution in [-0.2, 0) is 10.0 Å². The molecular formula is C18H19N3O2S. The zero-order valence-corrected chi connectivity index (χ0v) is 14.1. The van der Waals surface area contributed by atoms with Crippen molar-refractivity contribution in [2.24, 2.45) is 10.3 Å². The van der Waals surface area contributed by atoms with Crippen LogP contribution in [0.3, 0.4) is 0 Å². The molecule has 1 aliphatic heterocycles. The van der Waals surface area contributed by atoms with Gasteiger partial charge in [0.25, 0.3) is 10.0 Å². The molecule has 1 N–H and O–H groups in total. The predicted octanol–water partition coefficient (Wildman–Crippen LogP) is 3.84. The minimum absolute atomic E-state index is 0.209. The molecule has 6 heteroatoms. The van der Waals surface area contributed by atoms with Crippen molar-refractivity contribution in [2.75, 3.05) is 5.32 Å². The van der Waals surface area contributed by atoms with E-state index in [2.05, 4.69) is 14.7 Å². The second-order valence-corrected chi connectivity index (χ2v) is 7.85. The van der Waals surface area contributed by atoms with Crippen LogP contribution in [0.25, 0.3) is 11.3 Å². The van der Waals surface area contributed by atoms with Crippen molar-refractivity contribution in [3.05, 3.63) is 42.6 Å². The molecule has 0 unspecified atom stereocenters. The lowest BCUT2D eigenvalue weighted by atomic mass is 9.88. The Balaban J connectivity index is 1.80. The third-order valence-corrected chi connectivity index (χ3v) is 6.08. The van der Waals surface area contributed by atoms with Crippen molar-refractivity contribution in [1.29, 1.82) is 0 Å². The molecule has 0 atom stereocenters. The summed E-state index contributed by atoms with van der Waals surface area (Å²) >= 11 is 0. The summed E-state index contributed by atoms with van der Waals surface area (Å²) in [6.45, 7) is 0. The van der Waals surface area contributed by atoms with Gasteiger partial charge in [-0.15, -0.1) is 4.40 Å². The van der Waals surface area contributed by atoms with Crippen LogP contribution in [0.1, 0.15) is 32.1 Å². The largest absolute Gasteiger partial charge is 0.342 e. The smallest absolute Gasteiger partial charge is 0.286 e. The molecule has 4 rings (SSSR count). The van der Waals surface area contributed by atoms with E-state index in [1.165, 1.54) is 6.42 Å². The minimum Gasteiger partial charge on any atom is -0.342 e. The van der Waals surface area contributed by atoms with E-state index in [0.717, 1.165) is 25.7 Å². The van der Waals surface area contributed by atoms with E-state index in [0.29, 0.717) is 22.8 Å². The van der Waals surface area contributed by atoms with Crippen molar-refractivity contribution in [1.82, 2.24) is 4.98 Å². The quantitative estimate of drug-likeness (QED) is 0.901. The first kappa shape index (κ1) is 15.3. The van der Waals surface area contributed by atoms with Crippen LogP contribution < -0.4 is 5.32 Å². The van der Waals surface area contributed by atoms with Crippen LogP contribution in [0.2, 0.25) is 0 Å². The van der Waals surface area contributed by atoms with Crippen LogP contribution in [-0.4, -0.2) is 19.2 Å². The summed E-state index contributed by atoms with van der Waals surface area (Å²) in [5, 5.41) is 3.28. The van der Waals surface area contributed by atoms with Gasteiger partial charge in [-0.3, -0.25) is 4.98 Å². The summed E-state index contributed by atoms with van der Waals surface area (Å²) in [7, 11) is -3.73. The lowest BCUT2D eigenvalue weighted by molar-refractivity contribution is 0.439. The van der Waals surface area contributed by atoms with Crippen molar-refractivity contribution in [3.8, 4) is 11.3 Å².